The van der Waals surface area contributed by atoms with Crippen LogP contribution in [0.5, 0.6) is 0 Å². The first-order valence-electron chi connectivity index (χ1n) is 5.81. The van der Waals surface area contributed by atoms with Gasteiger partial charge in [0, 0.05) is 18.1 Å². The van der Waals surface area contributed by atoms with Crippen LogP contribution in [0.2, 0.25) is 0 Å². The average Bonchev–Trinajstić information content (AvgIpc) is 2.20. The summed E-state index contributed by atoms with van der Waals surface area (Å²) < 4.78 is 0. The normalized spacial score (nSPS) is 26.7. The predicted octanol–water partition coefficient (Wildman–Crippen LogP) is 2.75. The van der Waals surface area contributed by atoms with Gasteiger partial charge in [-0.3, -0.25) is 4.90 Å². The number of aliphatic hydroxyl groups is 1. The number of hydrogen-bond donors (Lipinski definition) is 1. The first-order valence-corrected chi connectivity index (χ1v) is 6.25. The van der Waals surface area contributed by atoms with Gasteiger partial charge in [-0.05, 0) is 45.2 Å². The summed E-state index contributed by atoms with van der Waals surface area (Å²) in [6.07, 6.45) is 4.45. The third kappa shape index (κ3) is 4.54. The van der Waals surface area contributed by atoms with E-state index in [2.05, 4.69) is 11.8 Å². The Labute approximate surface area is 97.9 Å². The van der Waals surface area contributed by atoms with Gasteiger partial charge in [0.15, 0.2) is 0 Å². The Balaban J connectivity index is 2.49. The Morgan fingerprint density at radius 3 is 2.93 bits per heavy atom. The second kappa shape index (κ2) is 6.51. The van der Waals surface area contributed by atoms with E-state index in [1.165, 1.54) is 24.8 Å². The van der Waals surface area contributed by atoms with Crippen molar-refractivity contribution in [2.24, 2.45) is 0 Å². The molecule has 2 nitrogen and oxygen atoms in total. The highest BCUT2D eigenvalue weighted by Gasteiger charge is 2.23. The van der Waals surface area contributed by atoms with E-state index in [1.807, 2.05) is 6.92 Å². The van der Waals surface area contributed by atoms with Crippen LogP contribution >= 0.6 is 11.6 Å². The van der Waals surface area contributed by atoms with Crippen LogP contribution in [0.15, 0.2) is 11.1 Å². The van der Waals surface area contributed by atoms with E-state index in [0.29, 0.717) is 6.04 Å². The summed E-state index contributed by atoms with van der Waals surface area (Å²) in [4.78, 5) is 2.45. The molecule has 0 saturated carbocycles. The van der Waals surface area contributed by atoms with Crippen molar-refractivity contribution in [1.29, 1.82) is 0 Å². The van der Waals surface area contributed by atoms with E-state index in [9.17, 15) is 5.11 Å². The van der Waals surface area contributed by atoms with Gasteiger partial charge in [-0.15, -0.1) is 0 Å². The third-order valence-electron chi connectivity index (χ3n) is 3.00. The fraction of sp³-hybridized carbons (Fsp3) is 0.833. The van der Waals surface area contributed by atoms with Crippen LogP contribution in [-0.2, 0) is 0 Å². The van der Waals surface area contributed by atoms with E-state index >= 15 is 0 Å². The summed E-state index contributed by atoms with van der Waals surface area (Å²) in [7, 11) is 0. The monoisotopic (exact) mass is 231 g/mol. The lowest BCUT2D eigenvalue weighted by Gasteiger charge is -2.36. The Bertz CT molecular complexity index is 216. The molecular formula is C12H22ClNO. The van der Waals surface area contributed by atoms with Crippen LogP contribution in [0.4, 0.5) is 0 Å². The zero-order valence-corrected chi connectivity index (χ0v) is 10.5. The highest BCUT2D eigenvalue weighted by atomic mass is 35.5. The van der Waals surface area contributed by atoms with Crippen molar-refractivity contribution in [2.75, 3.05) is 13.1 Å². The third-order valence-corrected chi connectivity index (χ3v) is 3.37. The molecule has 0 aromatic rings. The fourth-order valence-corrected chi connectivity index (χ4v) is 2.35. The molecule has 88 valence electrons. The largest absolute Gasteiger partial charge is 0.393 e. The van der Waals surface area contributed by atoms with Crippen LogP contribution in [0.1, 0.15) is 39.5 Å². The minimum absolute atomic E-state index is 0.198. The van der Waals surface area contributed by atoms with Gasteiger partial charge in [0.1, 0.15) is 0 Å². The first kappa shape index (κ1) is 13.0. The van der Waals surface area contributed by atoms with Gasteiger partial charge < -0.3 is 5.11 Å². The summed E-state index contributed by atoms with van der Waals surface area (Å²) in [6, 6.07) is 0.533. The van der Waals surface area contributed by atoms with Crippen molar-refractivity contribution in [1.82, 2.24) is 4.90 Å². The zero-order valence-electron chi connectivity index (χ0n) is 9.75. The quantitative estimate of drug-likeness (QED) is 0.805. The Morgan fingerprint density at radius 2 is 2.33 bits per heavy atom. The standard InChI is InChI=1S/C12H22ClNO/c1-10(8-13)9-14-6-4-3-5-12(14)7-11(2)15/h8,11-12,15H,3-7,9H2,1-2H3. The number of hydrogen-bond acceptors (Lipinski definition) is 2. The number of rotatable bonds is 4. The van der Waals surface area contributed by atoms with Crippen molar-refractivity contribution in [2.45, 2.75) is 51.7 Å². The number of likely N-dealkylation sites (tertiary alicyclic amines) is 1. The molecule has 0 bridgehead atoms. The maximum absolute atomic E-state index is 9.45. The number of halogens is 1. The summed E-state index contributed by atoms with van der Waals surface area (Å²) >= 11 is 5.69. The Kier molecular flexibility index (Phi) is 5.65. The molecule has 1 fully saturated rings. The van der Waals surface area contributed by atoms with Crippen molar-refractivity contribution in [3.8, 4) is 0 Å². The highest BCUT2D eigenvalue weighted by Crippen LogP contribution is 2.21. The molecule has 0 aliphatic carbocycles. The van der Waals surface area contributed by atoms with Crippen LogP contribution in [0.3, 0.4) is 0 Å². The molecule has 1 aliphatic heterocycles. The lowest BCUT2D eigenvalue weighted by Crippen LogP contribution is -2.41. The van der Waals surface area contributed by atoms with E-state index in [4.69, 9.17) is 11.6 Å². The molecule has 1 rings (SSSR count). The lowest BCUT2D eigenvalue weighted by molar-refractivity contribution is 0.0935. The molecule has 15 heavy (non-hydrogen) atoms. The fourth-order valence-electron chi connectivity index (χ4n) is 2.28. The lowest BCUT2D eigenvalue weighted by atomic mass is 9.97. The van der Waals surface area contributed by atoms with Gasteiger partial charge >= 0.3 is 0 Å². The van der Waals surface area contributed by atoms with Crippen molar-refractivity contribution >= 4 is 11.6 Å². The molecule has 1 aliphatic rings. The minimum atomic E-state index is -0.198. The molecule has 1 saturated heterocycles. The van der Waals surface area contributed by atoms with Gasteiger partial charge in [0.2, 0.25) is 0 Å². The molecular weight excluding hydrogens is 210 g/mol. The molecule has 3 heteroatoms. The molecule has 0 aromatic carbocycles. The van der Waals surface area contributed by atoms with Crippen molar-refractivity contribution in [3.05, 3.63) is 11.1 Å². The maximum atomic E-state index is 9.45. The molecule has 1 heterocycles. The predicted molar refractivity (Wildman–Crippen MR) is 65.1 cm³/mol. The molecule has 0 amide bonds. The van der Waals surface area contributed by atoms with Crippen molar-refractivity contribution < 1.29 is 5.11 Å². The molecule has 1 N–H and O–H groups in total. The summed E-state index contributed by atoms with van der Waals surface area (Å²) in [6.45, 7) is 6.01. The second-order valence-corrected chi connectivity index (χ2v) is 4.88. The number of piperidine rings is 1. The zero-order chi connectivity index (χ0) is 11.3. The smallest absolute Gasteiger partial charge is 0.0527 e. The maximum Gasteiger partial charge on any atom is 0.0527 e. The van der Waals surface area contributed by atoms with E-state index in [-0.39, 0.29) is 6.10 Å². The summed E-state index contributed by atoms with van der Waals surface area (Å²) in [5, 5.41) is 9.45. The van der Waals surface area contributed by atoms with Crippen molar-refractivity contribution in [3.63, 3.8) is 0 Å². The summed E-state index contributed by atoms with van der Waals surface area (Å²) in [5.74, 6) is 0. The topological polar surface area (TPSA) is 23.5 Å². The SMILES string of the molecule is CC(=CCl)CN1CCCCC1CC(C)O. The molecule has 0 aromatic heterocycles. The number of nitrogens with zero attached hydrogens (tertiary/aromatic N) is 1. The van der Waals surface area contributed by atoms with E-state index in [0.717, 1.165) is 19.5 Å². The Hall–Kier alpha value is -0.0500. The number of aliphatic hydroxyl groups excluding tert-OH is 1. The highest BCUT2D eigenvalue weighted by molar-refractivity contribution is 6.25. The van der Waals surface area contributed by atoms with Gasteiger partial charge in [0.25, 0.3) is 0 Å². The second-order valence-electron chi connectivity index (χ2n) is 4.66. The van der Waals surface area contributed by atoms with Gasteiger partial charge in [-0.25, -0.2) is 0 Å². The minimum Gasteiger partial charge on any atom is -0.393 e. The summed E-state index contributed by atoms with van der Waals surface area (Å²) in [5.41, 5.74) is 2.86. The van der Waals surface area contributed by atoms with Crippen LogP contribution in [0.25, 0.3) is 0 Å². The Morgan fingerprint density at radius 1 is 1.60 bits per heavy atom. The first-order chi connectivity index (χ1) is 7.13. The van der Waals surface area contributed by atoms with Gasteiger partial charge in [-0.2, -0.15) is 0 Å². The van der Waals surface area contributed by atoms with E-state index < -0.39 is 0 Å². The van der Waals surface area contributed by atoms with Gasteiger partial charge in [0.05, 0.1) is 6.10 Å². The van der Waals surface area contributed by atoms with Crippen LogP contribution < -0.4 is 0 Å². The van der Waals surface area contributed by atoms with E-state index in [1.54, 1.807) is 5.54 Å². The molecule has 2 atom stereocenters. The van der Waals surface area contributed by atoms with Crippen LogP contribution in [-0.4, -0.2) is 35.2 Å². The van der Waals surface area contributed by atoms with Crippen LogP contribution in [0, 0.1) is 0 Å². The molecule has 0 spiro atoms. The molecule has 0 radical (unpaired) electrons. The molecule has 2 unspecified atom stereocenters. The average molecular weight is 232 g/mol. The van der Waals surface area contributed by atoms with Gasteiger partial charge in [-0.1, -0.05) is 18.0 Å².